The average Bonchev–Trinajstić information content (AvgIpc) is 3.95. The molecule has 3 heterocycles. The maximum absolute atomic E-state index is 15.1. The van der Waals surface area contributed by atoms with Crippen molar-refractivity contribution in [2.45, 2.75) is 62.4 Å². The number of benzene rings is 8. The first-order chi connectivity index (χ1) is 34.2. The minimum atomic E-state index is -5.28. The van der Waals surface area contributed by atoms with Gasteiger partial charge in [0, 0.05) is 11.1 Å². The molecule has 3 aliphatic heterocycles. The second kappa shape index (κ2) is 17.6. The molecular formula is C56H49N4O8PS2. The number of rotatable bonds is 10. The van der Waals surface area contributed by atoms with E-state index in [1.807, 2.05) is 170 Å². The van der Waals surface area contributed by atoms with E-state index in [4.69, 9.17) is 19.0 Å². The van der Waals surface area contributed by atoms with Crippen molar-refractivity contribution in [2.75, 3.05) is 0 Å². The van der Waals surface area contributed by atoms with Crippen molar-refractivity contribution in [3.63, 3.8) is 0 Å². The molecule has 0 radical (unpaired) electrons. The van der Waals surface area contributed by atoms with Gasteiger partial charge in [-0.15, -0.1) is 0 Å². The van der Waals surface area contributed by atoms with Crippen molar-refractivity contribution in [1.82, 2.24) is 8.61 Å². The molecule has 11 rings (SSSR count). The van der Waals surface area contributed by atoms with Crippen LogP contribution in [0.4, 0.5) is 0 Å². The molecule has 0 spiro atoms. The molecule has 0 saturated heterocycles. The zero-order valence-corrected chi connectivity index (χ0v) is 41.7. The number of hydrogen-bond donors (Lipinski definition) is 1. The van der Waals surface area contributed by atoms with E-state index >= 15 is 21.4 Å². The molecule has 8 aromatic rings. The first kappa shape index (κ1) is 46.3. The molecule has 8 aromatic carbocycles. The fourth-order valence-electron chi connectivity index (χ4n) is 10.1. The molecular weight excluding hydrogens is 952 g/mol. The molecule has 4 atom stereocenters. The molecule has 0 fully saturated rings. The van der Waals surface area contributed by atoms with E-state index < -0.39 is 62.5 Å². The monoisotopic (exact) mass is 1000 g/mol. The van der Waals surface area contributed by atoms with Gasteiger partial charge in [0.15, 0.2) is 11.5 Å². The first-order valence-electron chi connectivity index (χ1n) is 23.4. The van der Waals surface area contributed by atoms with Crippen LogP contribution in [0.3, 0.4) is 0 Å². The van der Waals surface area contributed by atoms with Gasteiger partial charge in [-0.1, -0.05) is 170 Å². The highest BCUT2D eigenvalue weighted by Gasteiger charge is 2.51. The molecule has 0 amide bonds. The Kier molecular flexibility index (Phi) is 11.5. The van der Waals surface area contributed by atoms with Crippen molar-refractivity contribution in [3.05, 3.63) is 215 Å². The predicted octanol–water partition coefficient (Wildman–Crippen LogP) is 12.1. The molecule has 15 heteroatoms. The highest BCUT2D eigenvalue weighted by Crippen LogP contribution is 2.61. The molecule has 0 unspecified atom stereocenters. The van der Waals surface area contributed by atoms with E-state index in [9.17, 15) is 4.89 Å². The minimum Gasteiger partial charge on any atom is -0.394 e. The Balaban J connectivity index is 1.25. The second-order valence-electron chi connectivity index (χ2n) is 18.5. The van der Waals surface area contributed by atoms with E-state index in [0.717, 1.165) is 11.1 Å². The van der Waals surface area contributed by atoms with Gasteiger partial charge in [-0.25, -0.2) is 30.0 Å². The van der Waals surface area contributed by atoms with E-state index in [0.29, 0.717) is 43.8 Å². The fourth-order valence-corrected chi connectivity index (χ4v) is 13.8. The lowest BCUT2D eigenvalue weighted by Crippen LogP contribution is -2.41. The molecule has 12 nitrogen and oxygen atoms in total. The Labute approximate surface area is 413 Å². The van der Waals surface area contributed by atoms with Crippen LogP contribution in [0, 0.1) is 0 Å². The summed E-state index contributed by atoms with van der Waals surface area (Å²) in [6.45, 7) is 6.45. The summed E-state index contributed by atoms with van der Waals surface area (Å²) in [5.41, 5.74) is 3.80. The lowest BCUT2D eigenvalue weighted by atomic mass is 9.88. The Hall–Kier alpha value is -7.09. The summed E-state index contributed by atoms with van der Waals surface area (Å²) in [6.07, 6.45) is 0. The highest BCUT2D eigenvalue weighted by atomic mass is 32.2. The predicted molar refractivity (Wildman–Crippen MR) is 280 cm³/mol. The third-order valence-corrected chi connectivity index (χ3v) is 18.6. The van der Waals surface area contributed by atoms with Gasteiger partial charge in [0.2, 0.25) is 20.0 Å². The molecule has 0 bridgehead atoms. The Morgan fingerprint density at radius 1 is 0.479 bits per heavy atom. The van der Waals surface area contributed by atoms with Crippen LogP contribution in [0.1, 0.15) is 85.2 Å². The molecule has 1 N–H and O–H groups in total. The molecule has 358 valence electrons. The number of phosphoric acid groups is 1. The van der Waals surface area contributed by atoms with Gasteiger partial charge in [-0.05, 0) is 83.6 Å². The van der Waals surface area contributed by atoms with Crippen LogP contribution in [0.25, 0.3) is 32.7 Å². The number of aliphatic imine (C=N–C) groups is 2. The number of amidine groups is 2. The summed E-state index contributed by atoms with van der Waals surface area (Å²) in [4.78, 5) is 22.9. The van der Waals surface area contributed by atoms with E-state index in [-0.39, 0.29) is 34.3 Å². The van der Waals surface area contributed by atoms with Gasteiger partial charge < -0.3 is 9.05 Å². The van der Waals surface area contributed by atoms with Crippen molar-refractivity contribution in [2.24, 2.45) is 9.98 Å². The van der Waals surface area contributed by atoms with Crippen molar-refractivity contribution >= 4 is 61.1 Å². The molecule has 0 aromatic heterocycles. The summed E-state index contributed by atoms with van der Waals surface area (Å²) in [6, 6.07) is 52.6. The Morgan fingerprint density at radius 3 is 1.13 bits per heavy atom. The quantitative estimate of drug-likeness (QED) is 0.133. The summed E-state index contributed by atoms with van der Waals surface area (Å²) >= 11 is 0. The third-order valence-electron chi connectivity index (χ3n) is 13.5. The van der Waals surface area contributed by atoms with Gasteiger partial charge in [-0.3, -0.25) is 14.9 Å². The SMILES string of the molecule is CC(C)S(=O)(=O)N1C(c2cc3ccccc3c3c2OP(=O)(O)Oc2c(C4=N[C@@H](c5ccccc5)[C@H](c5ccccc5)N4S(=O)(=O)C(C)C)cc4ccccc4c2-3)=N[C@@H](c2ccccc2)[C@@H]1c1ccccc1. The van der Waals surface area contributed by atoms with Crippen LogP contribution in [0.5, 0.6) is 11.5 Å². The molecule has 0 saturated carbocycles. The normalized spacial score (nSPS) is 19.8. The number of nitrogens with zero attached hydrogens (tertiary/aromatic N) is 4. The van der Waals surface area contributed by atoms with Crippen LogP contribution < -0.4 is 9.05 Å². The Morgan fingerprint density at radius 2 is 0.789 bits per heavy atom. The zero-order valence-electron chi connectivity index (χ0n) is 39.1. The lowest BCUT2D eigenvalue weighted by molar-refractivity contribution is 0.294. The maximum Gasteiger partial charge on any atom is 0.584 e. The van der Waals surface area contributed by atoms with Gasteiger partial charge in [-0.2, -0.15) is 0 Å². The van der Waals surface area contributed by atoms with E-state index in [1.54, 1.807) is 39.8 Å². The summed E-state index contributed by atoms with van der Waals surface area (Å²) < 4.78 is 90.9. The highest BCUT2D eigenvalue weighted by molar-refractivity contribution is 7.90. The molecule has 0 aliphatic carbocycles. The topological polar surface area (TPSA) is 155 Å². The number of sulfonamides is 2. The molecule has 71 heavy (non-hydrogen) atoms. The smallest absolute Gasteiger partial charge is 0.394 e. The fraction of sp³-hybridized carbons (Fsp3) is 0.179. The van der Waals surface area contributed by atoms with Crippen LogP contribution in [-0.4, -0.2) is 52.5 Å². The largest absolute Gasteiger partial charge is 0.584 e. The summed E-state index contributed by atoms with van der Waals surface area (Å²) in [5.74, 6) is -0.248. The number of hydrogen-bond acceptors (Lipinski definition) is 9. The lowest BCUT2D eigenvalue weighted by Gasteiger charge is -2.32. The summed E-state index contributed by atoms with van der Waals surface area (Å²) in [5, 5.41) is 0.620. The van der Waals surface area contributed by atoms with Gasteiger partial charge >= 0.3 is 7.82 Å². The standard InChI is InChI=1S/C56H49N4O8PS2/c1-35(2)70(63,64)59-51(39-25-13-7-14-26-39)49(37-21-9-5-10-22-37)57-55(59)45-33-41-29-17-19-31-43(41)47-48-44-32-20-18-30-42(44)34-46(54(48)68-69(61,62)67-53(45)47)56-58-50(38-23-11-6-12-24-38)52(40-27-15-8-16-28-40)60(56)71(65,66)36(3)4/h5-36,49-52H,1-4H3,(H,61,62)/t49-,50-,51-,52-/m0/s1. The third kappa shape index (κ3) is 7.81. The average molecular weight is 1000 g/mol. The van der Waals surface area contributed by atoms with Crippen LogP contribution in [0.2, 0.25) is 0 Å². The molecule has 3 aliphatic rings. The zero-order chi connectivity index (χ0) is 49.4. The van der Waals surface area contributed by atoms with Crippen LogP contribution in [0.15, 0.2) is 192 Å². The van der Waals surface area contributed by atoms with Gasteiger partial charge in [0.1, 0.15) is 23.8 Å². The van der Waals surface area contributed by atoms with Crippen molar-refractivity contribution < 1.29 is 35.3 Å². The minimum absolute atomic E-state index is 0.0121. The van der Waals surface area contributed by atoms with Crippen LogP contribution in [-0.2, 0) is 24.6 Å². The number of phosphoric ester groups is 1. The van der Waals surface area contributed by atoms with Crippen molar-refractivity contribution in [3.8, 4) is 22.6 Å². The Bertz CT molecular complexity index is 3490. The number of fused-ring (bicyclic) bond motifs is 7. The maximum atomic E-state index is 15.1. The van der Waals surface area contributed by atoms with Gasteiger partial charge in [0.25, 0.3) is 0 Å². The van der Waals surface area contributed by atoms with E-state index in [2.05, 4.69) is 0 Å². The second-order valence-corrected chi connectivity index (χ2v) is 24.5. The first-order valence-corrected chi connectivity index (χ1v) is 27.9. The summed E-state index contributed by atoms with van der Waals surface area (Å²) in [7, 11) is -13.7. The van der Waals surface area contributed by atoms with E-state index in [1.165, 1.54) is 8.61 Å². The van der Waals surface area contributed by atoms with Crippen molar-refractivity contribution in [1.29, 1.82) is 0 Å². The van der Waals surface area contributed by atoms with Crippen LogP contribution >= 0.6 is 7.82 Å². The van der Waals surface area contributed by atoms with Gasteiger partial charge in [0.05, 0.1) is 33.7 Å².